The van der Waals surface area contributed by atoms with Crippen molar-refractivity contribution in [2.45, 2.75) is 27.3 Å². The molecule has 2 heterocycles. The van der Waals surface area contributed by atoms with E-state index in [-0.39, 0.29) is 12.7 Å². The molecule has 1 aliphatic rings. The summed E-state index contributed by atoms with van der Waals surface area (Å²) in [4.78, 5) is 21.2. The summed E-state index contributed by atoms with van der Waals surface area (Å²) in [5.41, 5.74) is 5.57. The van der Waals surface area contributed by atoms with Crippen molar-refractivity contribution in [3.63, 3.8) is 0 Å². The third kappa shape index (κ3) is 4.13. The number of fused-ring (bicyclic) bond motifs is 1. The van der Waals surface area contributed by atoms with Gasteiger partial charge in [0, 0.05) is 18.4 Å². The molecule has 1 aliphatic heterocycles. The minimum absolute atomic E-state index is 0.224. The van der Waals surface area contributed by atoms with Crippen LogP contribution in [-0.4, -0.2) is 22.7 Å². The van der Waals surface area contributed by atoms with Crippen LogP contribution in [0.25, 0.3) is 0 Å². The van der Waals surface area contributed by atoms with Crippen molar-refractivity contribution < 1.29 is 14.3 Å². The summed E-state index contributed by atoms with van der Waals surface area (Å²) in [5.74, 6) is 1.52. The van der Waals surface area contributed by atoms with Crippen molar-refractivity contribution >= 4 is 17.5 Å². The Morgan fingerprint density at radius 1 is 1.03 bits per heavy atom. The lowest BCUT2D eigenvalue weighted by Crippen LogP contribution is -2.24. The predicted octanol–water partition coefficient (Wildman–Crippen LogP) is 3.80. The van der Waals surface area contributed by atoms with Crippen LogP contribution in [0.5, 0.6) is 11.5 Å². The Morgan fingerprint density at radius 2 is 1.79 bits per heavy atom. The zero-order valence-electron chi connectivity index (χ0n) is 16.6. The maximum Gasteiger partial charge on any atom is 0.270 e. The van der Waals surface area contributed by atoms with Gasteiger partial charge in [0.15, 0.2) is 11.5 Å². The molecule has 2 aromatic carbocycles. The average molecular weight is 390 g/mol. The molecule has 0 saturated carbocycles. The highest BCUT2D eigenvalue weighted by atomic mass is 16.7. The topological polar surface area (TPSA) is 85.4 Å². The normalized spacial score (nSPS) is 12.0. The number of anilines is 2. The first-order valence-corrected chi connectivity index (χ1v) is 9.34. The minimum Gasteiger partial charge on any atom is -0.454 e. The van der Waals surface area contributed by atoms with Crippen molar-refractivity contribution in [2.24, 2.45) is 0 Å². The van der Waals surface area contributed by atoms with E-state index in [1.807, 2.05) is 32.0 Å². The highest BCUT2D eigenvalue weighted by Gasteiger charge is 2.14. The van der Waals surface area contributed by atoms with Crippen molar-refractivity contribution in [3.05, 3.63) is 70.5 Å². The van der Waals surface area contributed by atoms with Crippen molar-refractivity contribution in [3.8, 4) is 11.5 Å². The molecule has 0 unspecified atom stereocenters. The van der Waals surface area contributed by atoms with Gasteiger partial charge < -0.3 is 20.1 Å². The van der Waals surface area contributed by atoms with Crippen LogP contribution in [-0.2, 0) is 6.54 Å². The molecular weight excluding hydrogens is 368 g/mol. The summed E-state index contributed by atoms with van der Waals surface area (Å²) in [6.45, 7) is 6.71. The molecule has 0 spiro atoms. The van der Waals surface area contributed by atoms with E-state index in [9.17, 15) is 4.79 Å². The third-order valence-electron chi connectivity index (χ3n) is 4.69. The summed E-state index contributed by atoms with van der Waals surface area (Å²) in [6.07, 6.45) is 1.57. The second kappa shape index (κ2) is 7.79. The van der Waals surface area contributed by atoms with E-state index in [0.29, 0.717) is 29.7 Å². The number of hydrogen-bond acceptors (Lipinski definition) is 6. The first-order valence-electron chi connectivity index (χ1n) is 9.34. The number of nitrogens with zero attached hydrogens (tertiary/aromatic N) is 2. The van der Waals surface area contributed by atoms with Crippen LogP contribution >= 0.6 is 0 Å². The van der Waals surface area contributed by atoms with Crippen LogP contribution in [0.3, 0.4) is 0 Å². The van der Waals surface area contributed by atoms with Gasteiger partial charge in [-0.25, -0.2) is 9.97 Å². The van der Waals surface area contributed by atoms with Gasteiger partial charge in [0.2, 0.25) is 12.7 Å². The number of aryl methyl sites for hydroxylation is 3. The zero-order valence-corrected chi connectivity index (χ0v) is 16.6. The number of rotatable bonds is 5. The SMILES string of the molecule is Cc1cc(C)c(Nc2nccc(C(=O)NCc3ccc4c(c3)OCO4)n2)c(C)c1. The fourth-order valence-corrected chi connectivity index (χ4v) is 3.36. The molecule has 0 atom stereocenters. The Hall–Kier alpha value is -3.61. The maximum atomic E-state index is 12.5. The molecule has 4 rings (SSSR count). The van der Waals surface area contributed by atoms with E-state index in [1.165, 1.54) is 5.56 Å². The molecule has 1 amide bonds. The quantitative estimate of drug-likeness (QED) is 0.689. The second-order valence-electron chi connectivity index (χ2n) is 7.03. The Balaban J connectivity index is 1.45. The van der Waals surface area contributed by atoms with E-state index in [4.69, 9.17) is 9.47 Å². The van der Waals surface area contributed by atoms with Crippen LogP contribution < -0.4 is 20.1 Å². The largest absolute Gasteiger partial charge is 0.454 e. The van der Waals surface area contributed by atoms with Gasteiger partial charge in [-0.05, 0) is 55.7 Å². The van der Waals surface area contributed by atoms with Crippen LogP contribution in [0, 0.1) is 20.8 Å². The average Bonchev–Trinajstić information content (AvgIpc) is 3.17. The van der Waals surface area contributed by atoms with Crippen LogP contribution in [0.4, 0.5) is 11.6 Å². The molecule has 148 valence electrons. The van der Waals surface area contributed by atoms with E-state index in [2.05, 4.69) is 39.7 Å². The molecule has 0 bridgehead atoms. The fourth-order valence-electron chi connectivity index (χ4n) is 3.36. The summed E-state index contributed by atoms with van der Waals surface area (Å²) in [5, 5.41) is 6.11. The lowest BCUT2D eigenvalue weighted by Gasteiger charge is -2.13. The highest BCUT2D eigenvalue weighted by Crippen LogP contribution is 2.32. The molecule has 3 aromatic rings. The number of amides is 1. The van der Waals surface area contributed by atoms with Crippen molar-refractivity contribution in [1.29, 1.82) is 0 Å². The number of carbonyl (C=O) groups is 1. The lowest BCUT2D eigenvalue weighted by molar-refractivity contribution is 0.0946. The molecule has 2 N–H and O–H groups in total. The Bertz CT molecular complexity index is 1060. The zero-order chi connectivity index (χ0) is 20.4. The van der Waals surface area contributed by atoms with Gasteiger partial charge in [-0.15, -0.1) is 0 Å². The maximum absolute atomic E-state index is 12.5. The number of hydrogen-bond donors (Lipinski definition) is 2. The number of benzene rings is 2. The Kier molecular flexibility index (Phi) is 5.03. The van der Waals surface area contributed by atoms with Crippen LogP contribution in [0.2, 0.25) is 0 Å². The number of carbonyl (C=O) groups excluding carboxylic acids is 1. The third-order valence-corrected chi connectivity index (χ3v) is 4.69. The molecule has 0 radical (unpaired) electrons. The van der Waals surface area contributed by atoms with E-state index in [1.54, 1.807) is 12.3 Å². The van der Waals surface area contributed by atoms with Gasteiger partial charge in [0.1, 0.15) is 5.69 Å². The van der Waals surface area contributed by atoms with E-state index >= 15 is 0 Å². The van der Waals surface area contributed by atoms with E-state index < -0.39 is 0 Å². The number of nitrogens with one attached hydrogen (secondary N) is 2. The van der Waals surface area contributed by atoms with Gasteiger partial charge in [-0.2, -0.15) is 0 Å². The molecule has 0 aliphatic carbocycles. The molecule has 0 saturated heterocycles. The van der Waals surface area contributed by atoms with Crippen LogP contribution in [0.15, 0.2) is 42.6 Å². The van der Waals surface area contributed by atoms with Gasteiger partial charge in [0.05, 0.1) is 0 Å². The molecule has 1 aromatic heterocycles. The van der Waals surface area contributed by atoms with Crippen LogP contribution in [0.1, 0.15) is 32.7 Å². The number of aromatic nitrogens is 2. The van der Waals surface area contributed by atoms with Gasteiger partial charge in [-0.1, -0.05) is 23.8 Å². The molecule has 29 heavy (non-hydrogen) atoms. The fraction of sp³-hybridized carbons (Fsp3) is 0.227. The van der Waals surface area contributed by atoms with Gasteiger partial charge in [-0.3, -0.25) is 4.79 Å². The Morgan fingerprint density at radius 3 is 2.59 bits per heavy atom. The lowest BCUT2D eigenvalue weighted by atomic mass is 10.1. The monoisotopic (exact) mass is 390 g/mol. The highest BCUT2D eigenvalue weighted by molar-refractivity contribution is 5.92. The van der Waals surface area contributed by atoms with Gasteiger partial charge >= 0.3 is 0 Å². The van der Waals surface area contributed by atoms with E-state index in [0.717, 1.165) is 22.4 Å². The summed E-state index contributed by atoms with van der Waals surface area (Å²) < 4.78 is 10.7. The number of ether oxygens (including phenoxy) is 2. The summed E-state index contributed by atoms with van der Waals surface area (Å²) in [7, 11) is 0. The standard InChI is InChI=1S/C22H22N4O3/c1-13-8-14(2)20(15(3)9-13)26-22-23-7-6-17(25-22)21(27)24-11-16-4-5-18-19(10-16)29-12-28-18/h4-10H,11-12H2,1-3H3,(H,24,27)(H,23,25,26). The van der Waals surface area contributed by atoms with Crippen molar-refractivity contribution in [2.75, 3.05) is 12.1 Å². The van der Waals surface area contributed by atoms with Crippen molar-refractivity contribution in [1.82, 2.24) is 15.3 Å². The first-order chi connectivity index (χ1) is 14.0. The molecular formula is C22H22N4O3. The predicted molar refractivity (Wildman–Crippen MR) is 110 cm³/mol. The summed E-state index contributed by atoms with van der Waals surface area (Å²) >= 11 is 0. The second-order valence-corrected chi connectivity index (χ2v) is 7.03. The van der Waals surface area contributed by atoms with Gasteiger partial charge in [0.25, 0.3) is 5.91 Å². The smallest absolute Gasteiger partial charge is 0.270 e. The molecule has 7 nitrogen and oxygen atoms in total. The summed E-state index contributed by atoms with van der Waals surface area (Å²) in [6, 6.07) is 11.4. The molecule has 7 heteroatoms. The Labute approximate surface area is 169 Å². The minimum atomic E-state index is -0.273. The molecule has 0 fully saturated rings. The first kappa shape index (κ1) is 18.7.